The number of methoxy groups -OCH3 is 1. The molecule has 128 valence electrons. The van der Waals surface area contributed by atoms with E-state index in [2.05, 4.69) is 10.5 Å². The maximum atomic E-state index is 12.2. The number of hydrogen-bond acceptors (Lipinski definition) is 5. The minimum absolute atomic E-state index is 0.157. The average molecular weight is 331 g/mol. The minimum atomic E-state index is -0.210. The van der Waals surface area contributed by atoms with E-state index in [9.17, 15) is 9.59 Å². The standard InChI is InChI=1S/C17H21N3O4/c1-10-13(11(2)24-19-10)9-16(21)18-12-6-7-15(23-5)14(8-12)17(22)20(3)4/h6-8H,9H2,1-5H3,(H,18,21). The van der Waals surface area contributed by atoms with Crippen molar-refractivity contribution in [3.05, 3.63) is 40.8 Å². The van der Waals surface area contributed by atoms with Gasteiger partial charge in [0, 0.05) is 25.3 Å². The molecule has 1 N–H and O–H groups in total. The summed E-state index contributed by atoms with van der Waals surface area (Å²) in [4.78, 5) is 25.9. The first-order chi connectivity index (χ1) is 11.3. The molecule has 0 aliphatic rings. The Bertz CT molecular complexity index is 746. The van der Waals surface area contributed by atoms with E-state index in [0.717, 1.165) is 5.56 Å². The van der Waals surface area contributed by atoms with Crippen LogP contribution < -0.4 is 10.1 Å². The molecule has 7 heteroatoms. The van der Waals surface area contributed by atoms with Crippen molar-refractivity contribution in [3.8, 4) is 5.75 Å². The molecule has 2 rings (SSSR count). The Morgan fingerprint density at radius 2 is 2.00 bits per heavy atom. The number of carbonyl (C=O) groups excluding carboxylic acids is 2. The van der Waals surface area contributed by atoms with E-state index in [1.807, 2.05) is 0 Å². The average Bonchev–Trinajstić information content (AvgIpc) is 2.85. The molecule has 7 nitrogen and oxygen atoms in total. The van der Waals surface area contributed by atoms with Gasteiger partial charge in [-0.1, -0.05) is 5.16 Å². The smallest absolute Gasteiger partial charge is 0.257 e. The summed E-state index contributed by atoms with van der Waals surface area (Å²) >= 11 is 0. The Labute approximate surface area is 140 Å². The van der Waals surface area contributed by atoms with Gasteiger partial charge in [0.05, 0.1) is 24.8 Å². The second-order valence-corrected chi connectivity index (χ2v) is 5.64. The number of nitrogens with one attached hydrogen (secondary N) is 1. The van der Waals surface area contributed by atoms with Crippen molar-refractivity contribution in [3.63, 3.8) is 0 Å². The Morgan fingerprint density at radius 1 is 1.29 bits per heavy atom. The van der Waals surface area contributed by atoms with Crippen molar-refractivity contribution in [2.24, 2.45) is 0 Å². The second-order valence-electron chi connectivity index (χ2n) is 5.64. The fourth-order valence-corrected chi connectivity index (χ4v) is 2.31. The van der Waals surface area contributed by atoms with Crippen molar-refractivity contribution in [2.45, 2.75) is 20.3 Å². The lowest BCUT2D eigenvalue weighted by Crippen LogP contribution is -2.23. The lowest BCUT2D eigenvalue weighted by molar-refractivity contribution is -0.115. The molecule has 0 unspecified atom stereocenters. The highest BCUT2D eigenvalue weighted by atomic mass is 16.5. The van der Waals surface area contributed by atoms with Crippen LogP contribution in [0.4, 0.5) is 5.69 Å². The van der Waals surface area contributed by atoms with Gasteiger partial charge in [-0.05, 0) is 32.0 Å². The number of aromatic nitrogens is 1. The molecule has 2 amide bonds. The topological polar surface area (TPSA) is 84.7 Å². The Hall–Kier alpha value is -2.83. The lowest BCUT2D eigenvalue weighted by Gasteiger charge is -2.15. The number of carbonyl (C=O) groups is 2. The SMILES string of the molecule is COc1ccc(NC(=O)Cc2c(C)noc2C)cc1C(=O)N(C)C. The van der Waals surface area contributed by atoms with E-state index >= 15 is 0 Å². The molecule has 1 aromatic heterocycles. The van der Waals surface area contributed by atoms with Crippen LogP contribution in [0.3, 0.4) is 0 Å². The largest absolute Gasteiger partial charge is 0.496 e. The summed E-state index contributed by atoms with van der Waals surface area (Å²) in [5.74, 6) is 0.671. The molecule has 2 aromatic rings. The van der Waals surface area contributed by atoms with Crippen LogP contribution in [0.2, 0.25) is 0 Å². The van der Waals surface area contributed by atoms with Gasteiger partial charge in [0.25, 0.3) is 5.91 Å². The molecular formula is C17H21N3O4. The zero-order valence-electron chi connectivity index (χ0n) is 14.5. The Morgan fingerprint density at radius 3 is 2.54 bits per heavy atom. The van der Waals surface area contributed by atoms with Gasteiger partial charge < -0.3 is 19.5 Å². The van der Waals surface area contributed by atoms with E-state index in [1.165, 1.54) is 12.0 Å². The van der Waals surface area contributed by atoms with Crippen molar-refractivity contribution in [2.75, 3.05) is 26.5 Å². The maximum Gasteiger partial charge on any atom is 0.257 e. The van der Waals surface area contributed by atoms with Crippen molar-refractivity contribution in [1.29, 1.82) is 0 Å². The third-order valence-electron chi connectivity index (χ3n) is 3.64. The van der Waals surface area contributed by atoms with Crippen molar-refractivity contribution in [1.82, 2.24) is 10.1 Å². The molecule has 0 saturated carbocycles. The predicted octanol–water partition coefficient (Wildman–Crippen LogP) is 2.18. The van der Waals surface area contributed by atoms with Gasteiger partial charge in [-0.25, -0.2) is 0 Å². The molecule has 0 aliphatic carbocycles. The summed E-state index contributed by atoms with van der Waals surface area (Å²) in [6.07, 6.45) is 0.157. The molecule has 0 aliphatic heterocycles. The fourth-order valence-electron chi connectivity index (χ4n) is 2.31. The van der Waals surface area contributed by atoms with Gasteiger partial charge in [0.15, 0.2) is 0 Å². The number of rotatable bonds is 5. The highest BCUT2D eigenvalue weighted by Gasteiger charge is 2.17. The Kier molecular flexibility index (Phi) is 5.23. The van der Waals surface area contributed by atoms with Gasteiger partial charge in [0.2, 0.25) is 5.91 Å². The first-order valence-electron chi connectivity index (χ1n) is 7.44. The molecule has 0 bridgehead atoms. The molecule has 0 atom stereocenters. The second kappa shape index (κ2) is 7.16. The summed E-state index contributed by atoms with van der Waals surface area (Å²) < 4.78 is 10.3. The minimum Gasteiger partial charge on any atom is -0.496 e. The maximum absolute atomic E-state index is 12.2. The predicted molar refractivity (Wildman–Crippen MR) is 89.3 cm³/mol. The molecular weight excluding hydrogens is 310 g/mol. The normalized spacial score (nSPS) is 10.4. The molecule has 0 saturated heterocycles. The fraction of sp³-hybridized carbons (Fsp3) is 0.353. The van der Waals surface area contributed by atoms with Crippen LogP contribution >= 0.6 is 0 Å². The van der Waals surface area contributed by atoms with Crippen LogP contribution in [0.25, 0.3) is 0 Å². The number of aryl methyl sites for hydroxylation is 2. The van der Waals surface area contributed by atoms with E-state index in [-0.39, 0.29) is 18.2 Å². The summed E-state index contributed by atoms with van der Waals surface area (Å²) in [6, 6.07) is 4.95. The van der Waals surface area contributed by atoms with Crippen LogP contribution in [-0.4, -0.2) is 43.1 Å². The first-order valence-corrected chi connectivity index (χ1v) is 7.44. The third-order valence-corrected chi connectivity index (χ3v) is 3.64. The van der Waals surface area contributed by atoms with Crippen LogP contribution in [0, 0.1) is 13.8 Å². The quantitative estimate of drug-likeness (QED) is 0.908. The molecule has 24 heavy (non-hydrogen) atoms. The van der Waals surface area contributed by atoms with E-state index in [4.69, 9.17) is 9.26 Å². The monoisotopic (exact) mass is 331 g/mol. The summed E-state index contributed by atoms with van der Waals surface area (Å²) in [5.41, 5.74) is 2.38. The van der Waals surface area contributed by atoms with E-state index < -0.39 is 0 Å². The molecule has 0 fully saturated rings. The third kappa shape index (κ3) is 3.73. The summed E-state index contributed by atoms with van der Waals surface area (Å²) in [5, 5.41) is 6.62. The highest BCUT2D eigenvalue weighted by molar-refractivity contribution is 5.99. The molecule has 1 heterocycles. The van der Waals surface area contributed by atoms with Gasteiger partial charge >= 0.3 is 0 Å². The van der Waals surface area contributed by atoms with Crippen molar-refractivity contribution < 1.29 is 18.8 Å². The highest BCUT2D eigenvalue weighted by Crippen LogP contribution is 2.24. The number of benzene rings is 1. The van der Waals surface area contributed by atoms with Crippen LogP contribution in [0.15, 0.2) is 22.7 Å². The van der Waals surface area contributed by atoms with Crippen molar-refractivity contribution >= 4 is 17.5 Å². The van der Waals surface area contributed by atoms with Crippen LogP contribution in [0.1, 0.15) is 27.4 Å². The molecule has 0 spiro atoms. The number of anilines is 1. The van der Waals surface area contributed by atoms with Gasteiger partial charge in [0.1, 0.15) is 11.5 Å². The zero-order valence-corrected chi connectivity index (χ0v) is 14.5. The first kappa shape index (κ1) is 17.5. The van der Waals surface area contributed by atoms with Crippen LogP contribution in [-0.2, 0) is 11.2 Å². The number of amides is 2. The van der Waals surface area contributed by atoms with E-state index in [1.54, 1.807) is 46.1 Å². The summed E-state index contributed by atoms with van der Waals surface area (Å²) in [6.45, 7) is 3.56. The van der Waals surface area contributed by atoms with Gasteiger partial charge in [-0.2, -0.15) is 0 Å². The molecule has 1 aromatic carbocycles. The lowest BCUT2D eigenvalue weighted by atomic mass is 10.1. The number of nitrogens with zero attached hydrogens (tertiary/aromatic N) is 2. The van der Waals surface area contributed by atoms with E-state index in [0.29, 0.717) is 28.5 Å². The van der Waals surface area contributed by atoms with Gasteiger partial charge in [-0.15, -0.1) is 0 Å². The number of hydrogen-bond donors (Lipinski definition) is 1. The number of ether oxygens (including phenoxy) is 1. The summed E-state index contributed by atoms with van der Waals surface area (Å²) in [7, 11) is 4.81. The molecule has 0 radical (unpaired) electrons. The zero-order chi connectivity index (χ0) is 17.9. The van der Waals surface area contributed by atoms with Crippen LogP contribution in [0.5, 0.6) is 5.75 Å². The Balaban J connectivity index is 2.19. The van der Waals surface area contributed by atoms with Gasteiger partial charge in [-0.3, -0.25) is 9.59 Å².